The molecule has 0 aliphatic heterocycles. The van der Waals surface area contributed by atoms with Gasteiger partial charge in [-0.25, -0.2) is 9.97 Å². The number of carbonyl (C=O) groups is 1. The predicted molar refractivity (Wildman–Crippen MR) is 78.4 cm³/mol. The molecular formula is C12H12BrN3O2S. The van der Waals surface area contributed by atoms with Gasteiger partial charge < -0.3 is 9.67 Å². The first kappa shape index (κ1) is 14.1. The Bertz CT molecular complexity index is 627. The summed E-state index contributed by atoms with van der Waals surface area (Å²) < 4.78 is 2.78. The maximum absolute atomic E-state index is 10.7. The third-order valence-corrected chi connectivity index (χ3v) is 3.79. The van der Waals surface area contributed by atoms with Crippen molar-refractivity contribution in [3.63, 3.8) is 0 Å². The van der Waals surface area contributed by atoms with Crippen LogP contribution in [0.1, 0.15) is 6.42 Å². The fourth-order valence-electron chi connectivity index (χ4n) is 1.62. The number of pyridine rings is 1. The Morgan fingerprint density at radius 2 is 2.42 bits per heavy atom. The number of carboxylic acids is 1. The Labute approximate surface area is 122 Å². The van der Waals surface area contributed by atoms with Gasteiger partial charge in [-0.05, 0) is 28.4 Å². The molecule has 0 saturated heterocycles. The number of aliphatic carboxylic acids is 1. The van der Waals surface area contributed by atoms with Crippen LogP contribution in [0.4, 0.5) is 0 Å². The number of nitrogens with zero attached hydrogens (tertiary/aromatic N) is 3. The van der Waals surface area contributed by atoms with Crippen molar-refractivity contribution in [2.75, 3.05) is 5.75 Å². The molecule has 0 fully saturated rings. The standard InChI is InChI=1S/C12H12BrN3O2S/c1-2-3-4-16-11-9(5-8(13)6-14-11)15-12(16)19-7-10(17)18/h2,5-6H,1,3-4,7H2,(H,17,18). The molecule has 0 aromatic carbocycles. The van der Waals surface area contributed by atoms with Crippen molar-refractivity contribution in [3.05, 3.63) is 29.4 Å². The molecule has 0 atom stereocenters. The third-order valence-electron chi connectivity index (χ3n) is 2.40. The molecule has 0 saturated carbocycles. The largest absolute Gasteiger partial charge is 0.481 e. The van der Waals surface area contributed by atoms with Crippen LogP contribution >= 0.6 is 27.7 Å². The van der Waals surface area contributed by atoms with Crippen LogP contribution in [0.15, 0.2) is 34.5 Å². The predicted octanol–water partition coefficient (Wildman–Crippen LogP) is 2.95. The lowest BCUT2D eigenvalue weighted by atomic mass is 10.4. The third kappa shape index (κ3) is 3.36. The van der Waals surface area contributed by atoms with Crippen LogP contribution in [0.3, 0.4) is 0 Å². The number of allylic oxidation sites excluding steroid dienone is 1. The Morgan fingerprint density at radius 1 is 1.63 bits per heavy atom. The Kier molecular flexibility index (Phi) is 4.60. The number of aryl methyl sites for hydroxylation is 1. The van der Waals surface area contributed by atoms with Crippen molar-refractivity contribution in [3.8, 4) is 0 Å². The molecule has 1 N–H and O–H groups in total. The van der Waals surface area contributed by atoms with E-state index in [1.165, 1.54) is 11.8 Å². The number of fused-ring (bicyclic) bond motifs is 1. The van der Waals surface area contributed by atoms with E-state index in [-0.39, 0.29) is 5.75 Å². The summed E-state index contributed by atoms with van der Waals surface area (Å²) in [6.45, 7) is 4.39. The minimum Gasteiger partial charge on any atom is -0.481 e. The van der Waals surface area contributed by atoms with Gasteiger partial charge >= 0.3 is 5.97 Å². The summed E-state index contributed by atoms with van der Waals surface area (Å²) >= 11 is 4.55. The van der Waals surface area contributed by atoms with E-state index < -0.39 is 5.97 Å². The van der Waals surface area contributed by atoms with Gasteiger partial charge in [-0.1, -0.05) is 17.8 Å². The molecular weight excluding hydrogens is 330 g/mol. The summed E-state index contributed by atoms with van der Waals surface area (Å²) in [5, 5.41) is 9.43. The van der Waals surface area contributed by atoms with E-state index in [2.05, 4.69) is 32.5 Å². The van der Waals surface area contributed by atoms with E-state index in [1.54, 1.807) is 6.20 Å². The van der Waals surface area contributed by atoms with Crippen LogP contribution in [0, 0.1) is 0 Å². The molecule has 2 heterocycles. The zero-order chi connectivity index (χ0) is 13.8. The molecule has 0 aliphatic carbocycles. The average molecular weight is 342 g/mol. The minimum absolute atomic E-state index is 0.0153. The molecule has 0 aliphatic rings. The highest BCUT2D eigenvalue weighted by Gasteiger charge is 2.13. The molecule has 0 radical (unpaired) electrons. The van der Waals surface area contributed by atoms with Crippen molar-refractivity contribution in [2.45, 2.75) is 18.1 Å². The first-order chi connectivity index (χ1) is 9.11. The second-order valence-electron chi connectivity index (χ2n) is 3.80. The molecule has 2 rings (SSSR count). The van der Waals surface area contributed by atoms with E-state index in [1.807, 2.05) is 16.7 Å². The quantitative estimate of drug-likeness (QED) is 0.646. The molecule has 19 heavy (non-hydrogen) atoms. The lowest BCUT2D eigenvalue weighted by molar-refractivity contribution is -0.133. The van der Waals surface area contributed by atoms with Crippen molar-refractivity contribution < 1.29 is 9.90 Å². The number of imidazole rings is 1. The van der Waals surface area contributed by atoms with Crippen LogP contribution in [-0.2, 0) is 11.3 Å². The number of halogens is 1. The van der Waals surface area contributed by atoms with Gasteiger partial charge in [-0.15, -0.1) is 6.58 Å². The number of carboxylic acid groups (broad SMARTS) is 1. The maximum atomic E-state index is 10.7. The zero-order valence-corrected chi connectivity index (χ0v) is 12.4. The molecule has 0 unspecified atom stereocenters. The second kappa shape index (κ2) is 6.21. The van der Waals surface area contributed by atoms with E-state index in [9.17, 15) is 4.79 Å². The van der Waals surface area contributed by atoms with Crippen molar-refractivity contribution in [1.82, 2.24) is 14.5 Å². The van der Waals surface area contributed by atoms with Crippen LogP contribution in [0.5, 0.6) is 0 Å². The normalized spacial score (nSPS) is 10.8. The summed E-state index contributed by atoms with van der Waals surface area (Å²) in [5.74, 6) is -0.875. The zero-order valence-electron chi connectivity index (χ0n) is 10.0. The summed E-state index contributed by atoms with van der Waals surface area (Å²) in [6.07, 6.45) is 4.31. The van der Waals surface area contributed by atoms with Crippen molar-refractivity contribution in [2.24, 2.45) is 0 Å². The van der Waals surface area contributed by atoms with Crippen LogP contribution < -0.4 is 0 Å². The number of rotatable bonds is 6. The SMILES string of the molecule is C=CCCn1c(SCC(=O)O)nc2cc(Br)cnc21. The Balaban J connectivity index is 2.41. The summed E-state index contributed by atoms with van der Waals surface area (Å²) in [7, 11) is 0. The highest BCUT2D eigenvalue weighted by Crippen LogP contribution is 2.25. The maximum Gasteiger partial charge on any atom is 0.313 e. The molecule has 0 spiro atoms. The molecule has 100 valence electrons. The van der Waals surface area contributed by atoms with Crippen LogP contribution in [-0.4, -0.2) is 31.4 Å². The summed E-state index contributed by atoms with van der Waals surface area (Å²) in [5.41, 5.74) is 1.52. The number of hydrogen-bond donors (Lipinski definition) is 1. The number of hydrogen-bond acceptors (Lipinski definition) is 4. The van der Waals surface area contributed by atoms with Crippen LogP contribution in [0.25, 0.3) is 11.2 Å². The molecule has 0 bridgehead atoms. The number of aromatic nitrogens is 3. The van der Waals surface area contributed by atoms with Crippen molar-refractivity contribution >= 4 is 44.8 Å². The summed E-state index contributed by atoms with van der Waals surface area (Å²) in [6, 6.07) is 1.87. The van der Waals surface area contributed by atoms with Gasteiger partial charge in [0.25, 0.3) is 0 Å². The van der Waals surface area contributed by atoms with Gasteiger partial charge in [-0.3, -0.25) is 4.79 Å². The molecule has 0 amide bonds. The molecule has 2 aromatic heterocycles. The highest BCUT2D eigenvalue weighted by atomic mass is 79.9. The van der Waals surface area contributed by atoms with Gasteiger partial charge in [0.05, 0.1) is 5.75 Å². The Hall–Kier alpha value is -1.34. The second-order valence-corrected chi connectivity index (χ2v) is 5.66. The molecule has 5 nitrogen and oxygen atoms in total. The first-order valence-corrected chi connectivity index (χ1v) is 7.37. The highest BCUT2D eigenvalue weighted by molar-refractivity contribution is 9.10. The van der Waals surface area contributed by atoms with Gasteiger partial charge in [0.15, 0.2) is 10.8 Å². The Morgan fingerprint density at radius 3 is 3.11 bits per heavy atom. The van der Waals surface area contributed by atoms with E-state index >= 15 is 0 Å². The summed E-state index contributed by atoms with van der Waals surface area (Å²) in [4.78, 5) is 19.4. The monoisotopic (exact) mass is 341 g/mol. The van der Waals surface area contributed by atoms with Crippen molar-refractivity contribution in [1.29, 1.82) is 0 Å². The van der Waals surface area contributed by atoms with E-state index in [0.717, 1.165) is 22.1 Å². The van der Waals surface area contributed by atoms with Gasteiger partial charge in [0, 0.05) is 17.2 Å². The smallest absolute Gasteiger partial charge is 0.313 e. The lowest BCUT2D eigenvalue weighted by Crippen LogP contribution is -2.03. The van der Waals surface area contributed by atoms with E-state index in [4.69, 9.17) is 5.11 Å². The molecule has 2 aromatic rings. The van der Waals surface area contributed by atoms with Crippen LogP contribution in [0.2, 0.25) is 0 Å². The average Bonchev–Trinajstić information content (AvgIpc) is 2.70. The molecule has 7 heteroatoms. The number of thioether (sulfide) groups is 1. The van der Waals surface area contributed by atoms with Gasteiger partial charge in [0.2, 0.25) is 0 Å². The van der Waals surface area contributed by atoms with Gasteiger partial charge in [0.1, 0.15) is 5.52 Å². The minimum atomic E-state index is -0.860. The first-order valence-electron chi connectivity index (χ1n) is 5.59. The fourth-order valence-corrected chi connectivity index (χ4v) is 2.69. The lowest BCUT2D eigenvalue weighted by Gasteiger charge is -2.05. The topological polar surface area (TPSA) is 68.0 Å². The fraction of sp³-hybridized carbons (Fsp3) is 0.250. The van der Waals surface area contributed by atoms with E-state index in [0.29, 0.717) is 11.7 Å². The van der Waals surface area contributed by atoms with Gasteiger partial charge in [-0.2, -0.15) is 0 Å².